The highest BCUT2D eigenvalue weighted by Gasteiger charge is 2.60. The highest BCUT2D eigenvalue weighted by atomic mass is 35.5. The van der Waals surface area contributed by atoms with Gasteiger partial charge in [-0.25, -0.2) is 4.98 Å². The standard InChI is InChI=1S/C11H11ClN2O3/c1-11(10(16)17)4-7(11)9(15)14-8-3-2-6(12)5-13-8/h2-3,5,7H,4H2,1H3,(H,16,17)(H,13,14,15)/t7-,11-/m0/s1. The Kier molecular flexibility index (Phi) is 2.79. The van der Waals surface area contributed by atoms with E-state index in [4.69, 9.17) is 16.7 Å². The average molecular weight is 255 g/mol. The maximum atomic E-state index is 11.7. The Labute approximate surface area is 103 Å². The molecule has 17 heavy (non-hydrogen) atoms. The largest absolute Gasteiger partial charge is 0.481 e. The summed E-state index contributed by atoms with van der Waals surface area (Å²) in [4.78, 5) is 26.5. The van der Waals surface area contributed by atoms with Gasteiger partial charge in [0, 0.05) is 6.20 Å². The number of pyridine rings is 1. The van der Waals surface area contributed by atoms with Gasteiger partial charge in [-0.1, -0.05) is 11.6 Å². The van der Waals surface area contributed by atoms with E-state index in [1.807, 2.05) is 0 Å². The smallest absolute Gasteiger partial charge is 0.310 e. The zero-order valence-electron chi connectivity index (χ0n) is 9.11. The van der Waals surface area contributed by atoms with Gasteiger partial charge in [-0.15, -0.1) is 0 Å². The first-order chi connectivity index (χ1) is 7.93. The molecule has 1 fully saturated rings. The van der Waals surface area contributed by atoms with Gasteiger partial charge in [0.1, 0.15) is 5.82 Å². The number of nitrogens with one attached hydrogen (secondary N) is 1. The van der Waals surface area contributed by atoms with E-state index in [-0.39, 0.29) is 5.91 Å². The zero-order valence-corrected chi connectivity index (χ0v) is 9.86. The number of nitrogens with zero attached hydrogens (tertiary/aromatic N) is 1. The number of carbonyl (C=O) groups is 2. The second-order valence-electron chi connectivity index (χ2n) is 4.33. The van der Waals surface area contributed by atoms with Crippen molar-refractivity contribution in [2.75, 3.05) is 5.32 Å². The molecular formula is C11H11ClN2O3. The van der Waals surface area contributed by atoms with Gasteiger partial charge >= 0.3 is 5.97 Å². The van der Waals surface area contributed by atoms with Crippen LogP contribution in [0.25, 0.3) is 0 Å². The van der Waals surface area contributed by atoms with Crippen LogP contribution in [0.1, 0.15) is 13.3 Å². The van der Waals surface area contributed by atoms with Crippen LogP contribution in [0.3, 0.4) is 0 Å². The minimum Gasteiger partial charge on any atom is -0.481 e. The van der Waals surface area contributed by atoms with Crippen LogP contribution < -0.4 is 5.32 Å². The summed E-state index contributed by atoms with van der Waals surface area (Å²) in [6.07, 6.45) is 1.78. The van der Waals surface area contributed by atoms with E-state index in [0.29, 0.717) is 17.3 Å². The number of anilines is 1. The monoisotopic (exact) mass is 254 g/mol. The van der Waals surface area contributed by atoms with E-state index < -0.39 is 17.3 Å². The predicted octanol–water partition coefficient (Wildman–Crippen LogP) is 1.78. The summed E-state index contributed by atoms with van der Waals surface area (Å²) in [6.45, 7) is 1.56. The van der Waals surface area contributed by atoms with Crippen LogP contribution in [-0.2, 0) is 9.59 Å². The van der Waals surface area contributed by atoms with Crippen LogP contribution in [0.15, 0.2) is 18.3 Å². The lowest BCUT2D eigenvalue weighted by Gasteiger charge is -2.06. The first-order valence-corrected chi connectivity index (χ1v) is 5.47. The SMILES string of the molecule is C[C@]1(C(=O)O)C[C@H]1C(=O)Nc1ccc(Cl)cn1. The number of aliphatic carboxylic acids is 1. The number of carboxylic acids is 1. The molecule has 0 spiro atoms. The third-order valence-electron chi connectivity index (χ3n) is 3.02. The van der Waals surface area contributed by atoms with Crippen LogP contribution in [0.4, 0.5) is 5.82 Å². The molecular weight excluding hydrogens is 244 g/mol. The Morgan fingerprint density at radius 2 is 2.29 bits per heavy atom. The van der Waals surface area contributed by atoms with Gasteiger partial charge < -0.3 is 10.4 Å². The molecule has 0 saturated heterocycles. The van der Waals surface area contributed by atoms with Gasteiger partial charge in [0.05, 0.1) is 16.4 Å². The van der Waals surface area contributed by atoms with E-state index in [9.17, 15) is 9.59 Å². The molecule has 1 aromatic rings. The van der Waals surface area contributed by atoms with E-state index in [0.717, 1.165) is 0 Å². The van der Waals surface area contributed by atoms with Gasteiger partial charge in [0.2, 0.25) is 5.91 Å². The summed E-state index contributed by atoms with van der Waals surface area (Å²) in [6, 6.07) is 3.17. The van der Waals surface area contributed by atoms with Crippen molar-refractivity contribution in [2.45, 2.75) is 13.3 Å². The molecule has 1 aromatic heterocycles. The zero-order chi connectivity index (χ0) is 12.6. The molecule has 1 saturated carbocycles. The van der Waals surface area contributed by atoms with Crippen molar-refractivity contribution >= 4 is 29.3 Å². The highest BCUT2D eigenvalue weighted by Crippen LogP contribution is 2.52. The highest BCUT2D eigenvalue weighted by molar-refractivity contribution is 6.30. The molecule has 5 nitrogen and oxygen atoms in total. The van der Waals surface area contributed by atoms with Crippen LogP contribution >= 0.6 is 11.6 Å². The van der Waals surface area contributed by atoms with Gasteiger partial charge in [-0.3, -0.25) is 9.59 Å². The maximum absolute atomic E-state index is 11.7. The number of hydrogen-bond donors (Lipinski definition) is 2. The van der Waals surface area contributed by atoms with E-state index >= 15 is 0 Å². The summed E-state index contributed by atoms with van der Waals surface area (Å²) < 4.78 is 0. The quantitative estimate of drug-likeness (QED) is 0.862. The predicted molar refractivity (Wildman–Crippen MR) is 61.7 cm³/mol. The summed E-state index contributed by atoms with van der Waals surface area (Å²) in [5, 5.41) is 12.0. The van der Waals surface area contributed by atoms with Gasteiger partial charge in [-0.05, 0) is 25.5 Å². The number of aromatic nitrogens is 1. The lowest BCUT2D eigenvalue weighted by Crippen LogP contribution is -2.22. The number of hydrogen-bond acceptors (Lipinski definition) is 3. The fourth-order valence-corrected chi connectivity index (χ4v) is 1.76. The summed E-state index contributed by atoms with van der Waals surface area (Å²) >= 11 is 5.66. The Bertz CT molecular complexity index is 474. The van der Waals surface area contributed by atoms with Crippen molar-refractivity contribution in [1.82, 2.24) is 4.98 Å². The van der Waals surface area contributed by atoms with E-state index in [1.54, 1.807) is 19.1 Å². The summed E-state index contributed by atoms with van der Waals surface area (Å²) in [7, 11) is 0. The number of amides is 1. The topological polar surface area (TPSA) is 79.3 Å². The molecule has 1 aliphatic carbocycles. The van der Waals surface area contributed by atoms with Crippen molar-refractivity contribution in [3.8, 4) is 0 Å². The lowest BCUT2D eigenvalue weighted by molar-refractivity contribution is -0.144. The summed E-state index contributed by atoms with van der Waals surface area (Å²) in [5.41, 5.74) is -0.934. The molecule has 0 aliphatic heterocycles. The molecule has 1 aliphatic rings. The van der Waals surface area contributed by atoms with Crippen molar-refractivity contribution in [2.24, 2.45) is 11.3 Å². The van der Waals surface area contributed by atoms with Crippen molar-refractivity contribution in [3.63, 3.8) is 0 Å². The molecule has 90 valence electrons. The lowest BCUT2D eigenvalue weighted by atomic mass is 10.1. The van der Waals surface area contributed by atoms with Crippen LogP contribution in [0.5, 0.6) is 0 Å². The van der Waals surface area contributed by atoms with Crippen molar-refractivity contribution < 1.29 is 14.7 Å². The number of halogens is 1. The Morgan fingerprint density at radius 1 is 1.59 bits per heavy atom. The molecule has 6 heteroatoms. The Balaban J connectivity index is 2.00. The number of carboxylic acid groups (broad SMARTS) is 1. The van der Waals surface area contributed by atoms with Crippen molar-refractivity contribution in [1.29, 1.82) is 0 Å². The molecule has 0 unspecified atom stereocenters. The second kappa shape index (κ2) is 4.00. The number of carbonyl (C=O) groups excluding carboxylic acids is 1. The molecule has 1 amide bonds. The third kappa shape index (κ3) is 2.24. The maximum Gasteiger partial charge on any atom is 0.310 e. The van der Waals surface area contributed by atoms with Gasteiger partial charge in [0.15, 0.2) is 0 Å². The van der Waals surface area contributed by atoms with Crippen molar-refractivity contribution in [3.05, 3.63) is 23.4 Å². The summed E-state index contributed by atoms with van der Waals surface area (Å²) in [5.74, 6) is -1.37. The minimum absolute atomic E-state index is 0.315. The van der Waals surface area contributed by atoms with E-state index in [1.165, 1.54) is 6.20 Å². The Morgan fingerprint density at radius 3 is 2.76 bits per heavy atom. The molecule has 0 bridgehead atoms. The fourth-order valence-electron chi connectivity index (χ4n) is 1.65. The van der Waals surface area contributed by atoms with Crippen LogP contribution in [0.2, 0.25) is 5.02 Å². The molecule has 1 heterocycles. The first kappa shape index (κ1) is 11.9. The molecule has 2 atom stereocenters. The average Bonchev–Trinajstić information content (AvgIpc) is 2.96. The third-order valence-corrected chi connectivity index (χ3v) is 3.24. The molecule has 2 N–H and O–H groups in total. The second-order valence-corrected chi connectivity index (χ2v) is 4.77. The normalized spacial score (nSPS) is 26.4. The number of rotatable bonds is 3. The van der Waals surface area contributed by atoms with Crippen LogP contribution in [-0.4, -0.2) is 22.0 Å². The first-order valence-electron chi connectivity index (χ1n) is 5.09. The van der Waals surface area contributed by atoms with Gasteiger partial charge in [-0.2, -0.15) is 0 Å². The minimum atomic E-state index is -0.943. The van der Waals surface area contributed by atoms with E-state index in [2.05, 4.69) is 10.3 Å². The van der Waals surface area contributed by atoms with Gasteiger partial charge in [0.25, 0.3) is 0 Å². The Hall–Kier alpha value is -1.62. The molecule has 0 aromatic carbocycles. The molecule has 0 radical (unpaired) electrons. The molecule has 2 rings (SSSR count). The van der Waals surface area contributed by atoms with Crippen LogP contribution in [0, 0.1) is 11.3 Å². The fraction of sp³-hybridized carbons (Fsp3) is 0.364.